The Morgan fingerprint density at radius 2 is 1.85 bits per heavy atom. The summed E-state index contributed by atoms with van der Waals surface area (Å²) >= 11 is 0. The van der Waals surface area contributed by atoms with Crippen molar-refractivity contribution in [3.8, 4) is 0 Å². The number of hydrogen-bond donors (Lipinski definition) is 2. The molecule has 4 heteroatoms. The van der Waals surface area contributed by atoms with Crippen molar-refractivity contribution >= 4 is 11.6 Å². The van der Waals surface area contributed by atoms with Crippen molar-refractivity contribution in [2.45, 2.75) is 34.6 Å². The van der Waals surface area contributed by atoms with E-state index in [1.807, 2.05) is 0 Å². The summed E-state index contributed by atoms with van der Waals surface area (Å²) in [5.74, 6) is -0.480. The van der Waals surface area contributed by atoms with Crippen LogP contribution < -0.4 is 11.1 Å². The summed E-state index contributed by atoms with van der Waals surface area (Å²) in [6.45, 7) is 10.9. The van der Waals surface area contributed by atoms with Crippen LogP contribution in [0.25, 0.3) is 0 Å². The lowest BCUT2D eigenvalue weighted by Gasteiger charge is -2.09. The molecular formula is C16H23FN2O. The van der Waals surface area contributed by atoms with Gasteiger partial charge in [-0.3, -0.25) is 4.79 Å². The van der Waals surface area contributed by atoms with Crippen molar-refractivity contribution in [1.82, 2.24) is 5.32 Å². The Morgan fingerprint density at radius 3 is 2.35 bits per heavy atom. The van der Waals surface area contributed by atoms with Crippen molar-refractivity contribution in [1.29, 1.82) is 0 Å². The van der Waals surface area contributed by atoms with Gasteiger partial charge in [0, 0.05) is 12.2 Å². The number of benzene rings is 1. The molecule has 0 aliphatic heterocycles. The fraction of sp³-hybridized carbons (Fsp3) is 0.562. The predicted molar refractivity (Wildman–Crippen MR) is 78.9 cm³/mol. The first-order valence-electron chi connectivity index (χ1n) is 6.93. The van der Waals surface area contributed by atoms with Crippen LogP contribution in [0.15, 0.2) is 12.1 Å². The van der Waals surface area contributed by atoms with Crippen LogP contribution in [0.1, 0.15) is 43.6 Å². The van der Waals surface area contributed by atoms with Gasteiger partial charge in [0.1, 0.15) is 5.82 Å². The molecule has 0 heterocycles. The van der Waals surface area contributed by atoms with E-state index in [9.17, 15) is 9.18 Å². The van der Waals surface area contributed by atoms with Crippen molar-refractivity contribution in [3.63, 3.8) is 0 Å². The largest absolute Gasteiger partial charge is 0.399 e. The highest BCUT2D eigenvalue weighted by Gasteiger charge is 2.64. The summed E-state index contributed by atoms with van der Waals surface area (Å²) < 4.78 is 14.0. The van der Waals surface area contributed by atoms with Crippen molar-refractivity contribution < 1.29 is 9.18 Å². The Labute approximate surface area is 119 Å². The smallest absolute Gasteiger partial charge is 0.254 e. The number of halogens is 1. The summed E-state index contributed by atoms with van der Waals surface area (Å²) in [7, 11) is 0. The Bertz CT molecular complexity index is 550. The molecule has 110 valence electrons. The summed E-state index contributed by atoms with van der Waals surface area (Å²) in [5.41, 5.74) is 6.89. The molecule has 20 heavy (non-hydrogen) atoms. The number of carbonyl (C=O) groups excluding carboxylic acids is 1. The minimum atomic E-state index is -0.494. The van der Waals surface area contributed by atoms with E-state index in [1.54, 1.807) is 6.92 Å². The zero-order valence-electron chi connectivity index (χ0n) is 12.8. The van der Waals surface area contributed by atoms with E-state index in [0.717, 1.165) is 0 Å². The van der Waals surface area contributed by atoms with Gasteiger partial charge in [0.15, 0.2) is 0 Å². The fourth-order valence-corrected chi connectivity index (χ4v) is 3.10. The SMILES string of the molecule is Cc1cc(N)cc(C(=O)NCC2C(C)(C)C2(C)C)c1F. The molecule has 0 bridgehead atoms. The zero-order valence-corrected chi connectivity index (χ0v) is 12.8. The number of rotatable bonds is 3. The lowest BCUT2D eigenvalue weighted by molar-refractivity contribution is 0.0945. The Morgan fingerprint density at radius 1 is 1.30 bits per heavy atom. The van der Waals surface area contributed by atoms with Gasteiger partial charge < -0.3 is 11.1 Å². The number of carbonyl (C=O) groups is 1. The molecule has 0 spiro atoms. The summed E-state index contributed by atoms with van der Waals surface area (Å²) in [5, 5.41) is 2.83. The van der Waals surface area contributed by atoms with E-state index in [1.165, 1.54) is 12.1 Å². The van der Waals surface area contributed by atoms with Gasteiger partial charge in [-0.15, -0.1) is 0 Å². The van der Waals surface area contributed by atoms with Crippen LogP contribution >= 0.6 is 0 Å². The number of anilines is 1. The van der Waals surface area contributed by atoms with E-state index in [-0.39, 0.29) is 16.4 Å². The summed E-state index contributed by atoms with van der Waals surface area (Å²) in [6, 6.07) is 2.92. The molecule has 3 nitrogen and oxygen atoms in total. The van der Waals surface area contributed by atoms with E-state index in [4.69, 9.17) is 5.73 Å². The second-order valence-electron chi connectivity index (χ2n) is 6.91. The minimum absolute atomic E-state index is 0.0266. The van der Waals surface area contributed by atoms with Gasteiger partial charge in [0.2, 0.25) is 0 Å². The Kier molecular flexibility index (Phi) is 3.31. The summed E-state index contributed by atoms with van der Waals surface area (Å²) in [4.78, 5) is 12.1. The molecule has 0 radical (unpaired) electrons. The number of amides is 1. The van der Waals surface area contributed by atoms with Gasteiger partial charge in [-0.05, 0) is 41.4 Å². The first kappa shape index (κ1) is 14.8. The van der Waals surface area contributed by atoms with Crippen molar-refractivity contribution in [2.24, 2.45) is 16.7 Å². The van der Waals surface area contributed by atoms with Gasteiger partial charge >= 0.3 is 0 Å². The maximum absolute atomic E-state index is 14.0. The van der Waals surface area contributed by atoms with Crippen LogP contribution in [0.4, 0.5) is 10.1 Å². The maximum atomic E-state index is 14.0. The average molecular weight is 278 g/mol. The first-order chi connectivity index (χ1) is 9.09. The topological polar surface area (TPSA) is 55.1 Å². The molecule has 1 aliphatic rings. The molecule has 0 aromatic heterocycles. The molecule has 0 atom stereocenters. The third-order valence-electron chi connectivity index (χ3n) is 5.31. The van der Waals surface area contributed by atoms with Gasteiger partial charge in [-0.2, -0.15) is 0 Å². The third-order valence-corrected chi connectivity index (χ3v) is 5.31. The molecular weight excluding hydrogens is 255 g/mol. The second-order valence-corrected chi connectivity index (χ2v) is 6.91. The fourth-order valence-electron chi connectivity index (χ4n) is 3.10. The molecule has 1 saturated carbocycles. The van der Waals surface area contributed by atoms with Crippen molar-refractivity contribution in [2.75, 3.05) is 12.3 Å². The maximum Gasteiger partial charge on any atom is 0.254 e. The normalized spacial score (nSPS) is 19.7. The lowest BCUT2D eigenvalue weighted by atomic mass is 10.0. The van der Waals surface area contributed by atoms with Crippen LogP contribution in [0, 0.1) is 29.5 Å². The number of hydrogen-bond acceptors (Lipinski definition) is 2. The molecule has 1 aromatic rings. The number of nitrogens with one attached hydrogen (secondary N) is 1. The quantitative estimate of drug-likeness (QED) is 0.835. The van der Waals surface area contributed by atoms with Crippen molar-refractivity contribution in [3.05, 3.63) is 29.1 Å². The molecule has 0 saturated heterocycles. The first-order valence-corrected chi connectivity index (χ1v) is 6.93. The van der Waals surface area contributed by atoms with Crippen LogP contribution in [0.5, 0.6) is 0 Å². The molecule has 1 aliphatic carbocycles. The van der Waals surface area contributed by atoms with Crippen LogP contribution in [0.3, 0.4) is 0 Å². The molecule has 3 N–H and O–H groups in total. The standard InChI is InChI=1S/C16H23FN2O/c1-9-6-10(18)7-11(13(9)17)14(20)19-8-12-15(2,3)16(12,4)5/h6-7,12H,8,18H2,1-5H3,(H,19,20). The highest BCUT2D eigenvalue weighted by Crippen LogP contribution is 2.67. The van der Waals surface area contributed by atoms with E-state index in [0.29, 0.717) is 23.7 Å². The monoisotopic (exact) mass is 278 g/mol. The van der Waals surface area contributed by atoms with E-state index < -0.39 is 11.7 Å². The Balaban J connectivity index is 2.08. The van der Waals surface area contributed by atoms with E-state index in [2.05, 4.69) is 33.0 Å². The third kappa shape index (κ3) is 2.17. The molecule has 1 fully saturated rings. The predicted octanol–water partition coefficient (Wildman–Crippen LogP) is 3.13. The molecule has 1 aromatic carbocycles. The summed E-state index contributed by atoms with van der Waals surface area (Å²) in [6.07, 6.45) is 0. The van der Waals surface area contributed by atoms with Gasteiger partial charge in [-0.1, -0.05) is 27.7 Å². The minimum Gasteiger partial charge on any atom is -0.399 e. The highest BCUT2D eigenvalue weighted by atomic mass is 19.1. The van der Waals surface area contributed by atoms with Gasteiger partial charge in [0.25, 0.3) is 5.91 Å². The number of nitrogens with two attached hydrogens (primary N) is 1. The van der Waals surface area contributed by atoms with Gasteiger partial charge in [-0.25, -0.2) is 4.39 Å². The Hall–Kier alpha value is -1.58. The molecule has 1 amide bonds. The molecule has 2 rings (SSSR count). The zero-order chi connectivity index (χ0) is 15.3. The lowest BCUT2D eigenvalue weighted by Crippen LogP contribution is -2.28. The van der Waals surface area contributed by atoms with Gasteiger partial charge in [0.05, 0.1) is 5.56 Å². The van der Waals surface area contributed by atoms with Crippen LogP contribution in [-0.4, -0.2) is 12.5 Å². The average Bonchev–Trinajstić information content (AvgIpc) is 2.71. The van der Waals surface area contributed by atoms with Crippen LogP contribution in [-0.2, 0) is 0 Å². The van der Waals surface area contributed by atoms with E-state index >= 15 is 0 Å². The van der Waals surface area contributed by atoms with Crippen LogP contribution in [0.2, 0.25) is 0 Å². The highest BCUT2D eigenvalue weighted by molar-refractivity contribution is 5.95. The second kappa shape index (κ2) is 4.47. The number of nitrogen functional groups attached to an aromatic ring is 1. The number of aryl methyl sites for hydroxylation is 1. The molecule has 0 unspecified atom stereocenters.